The number of fused-ring (bicyclic) bond motifs is 2. The molecule has 1 aliphatic rings. The Morgan fingerprint density at radius 2 is 1.97 bits per heavy atom. The second-order valence-corrected chi connectivity index (χ2v) is 10.0. The normalized spacial score (nSPS) is 14.7. The van der Waals surface area contributed by atoms with E-state index in [1.807, 2.05) is 30.3 Å². The van der Waals surface area contributed by atoms with E-state index in [-0.39, 0.29) is 23.9 Å². The molecule has 1 atom stereocenters. The Hall–Kier alpha value is -3.08. The molecule has 4 aromatic rings. The van der Waals surface area contributed by atoms with E-state index in [4.69, 9.17) is 5.73 Å². The van der Waals surface area contributed by atoms with Crippen LogP contribution in [0.5, 0.6) is 0 Å². The van der Waals surface area contributed by atoms with Gasteiger partial charge in [-0.25, -0.2) is 4.98 Å². The lowest BCUT2D eigenvalue weighted by Gasteiger charge is -2.22. The smallest absolute Gasteiger partial charge is 0.283 e. The third-order valence-electron chi connectivity index (χ3n) is 5.45. The molecular formula is C21H19N5O3S2. The van der Waals surface area contributed by atoms with Crippen LogP contribution in [-0.4, -0.2) is 39.9 Å². The number of hydrogen-bond acceptors (Lipinski definition) is 7. The lowest BCUT2D eigenvalue weighted by atomic mass is 9.98. The summed E-state index contributed by atoms with van der Waals surface area (Å²) in [6, 6.07) is 14.2. The number of aromatic nitrogens is 3. The van der Waals surface area contributed by atoms with E-state index < -0.39 is 15.9 Å². The van der Waals surface area contributed by atoms with Crippen molar-refractivity contribution < 1.29 is 13.2 Å². The fourth-order valence-corrected chi connectivity index (χ4v) is 5.78. The summed E-state index contributed by atoms with van der Waals surface area (Å²) in [5.41, 5.74) is 10.5. The molecule has 0 saturated heterocycles. The Bertz CT molecular complexity index is 1360. The van der Waals surface area contributed by atoms with Crippen LogP contribution < -0.4 is 5.73 Å². The van der Waals surface area contributed by atoms with Crippen molar-refractivity contribution in [1.29, 1.82) is 0 Å². The molecule has 5 rings (SSSR count). The summed E-state index contributed by atoms with van der Waals surface area (Å²) in [5.74, 6) is -0.524. The number of nitrogens with zero attached hydrogens (tertiary/aromatic N) is 4. The fraction of sp³-hybridized carbons (Fsp3) is 0.190. The predicted molar refractivity (Wildman–Crippen MR) is 117 cm³/mol. The first kappa shape index (κ1) is 19.9. The average Bonchev–Trinajstić information content (AvgIpc) is 3.49. The molecule has 0 fully saturated rings. The molecule has 158 valence electrons. The molecule has 2 N–H and O–H groups in total. The van der Waals surface area contributed by atoms with Gasteiger partial charge in [0.15, 0.2) is 0 Å². The van der Waals surface area contributed by atoms with E-state index in [2.05, 4.69) is 10.1 Å². The third kappa shape index (κ3) is 3.42. The molecule has 3 heterocycles. The molecule has 2 aromatic heterocycles. The highest BCUT2D eigenvalue weighted by molar-refractivity contribution is 7.89. The van der Waals surface area contributed by atoms with E-state index in [0.29, 0.717) is 12.2 Å². The molecule has 0 aliphatic carbocycles. The summed E-state index contributed by atoms with van der Waals surface area (Å²) in [5, 5.41) is 4.29. The third-order valence-corrected chi connectivity index (χ3v) is 7.77. The van der Waals surface area contributed by atoms with Gasteiger partial charge in [-0.3, -0.25) is 4.79 Å². The summed E-state index contributed by atoms with van der Waals surface area (Å²) in [6.07, 6.45) is 1.49. The Kier molecular flexibility index (Phi) is 4.84. The first-order chi connectivity index (χ1) is 15.0. The fourth-order valence-electron chi connectivity index (χ4n) is 3.80. The van der Waals surface area contributed by atoms with Gasteiger partial charge < -0.3 is 10.6 Å². The van der Waals surface area contributed by atoms with Crippen molar-refractivity contribution in [3.63, 3.8) is 0 Å². The highest BCUT2D eigenvalue weighted by atomic mass is 32.2. The number of benzene rings is 2. The zero-order chi connectivity index (χ0) is 21.6. The molecule has 31 heavy (non-hydrogen) atoms. The van der Waals surface area contributed by atoms with Gasteiger partial charge >= 0.3 is 0 Å². The minimum absolute atomic E-state index is 0.0863. The van der Waals surface area contributed by atoms with E-state index in [0.717, 1.165) is 25.4 Å². The van der Waals surface area contributed by atoms with Gasteiger partial charge in [0.1, 0.15) is 0 Å². The number of carbonyl (C=O) groups is 1. The van der Waals surface area contributed by atoms with Crippen LogP contribution in [0.25, 0.3) is 10.2 Å². The Morgan fingerprint density at radius 1 is 1.16 bits per heavy atom. The molecule has 1 aliphatic heterocycles. The minimum Gasteiger partial charge on any atom is -0.332 e. The summed E-state index contributed by atoms with van der Waals surface area (Å²) in [6.45, 7) is 0.764. The molecule has 1 amide bonds. The molecule has 0 saturated carbocycles. The van der Waals surface area contributed by atoms with Gasteiger partial charge in [0.25, 0.3) is 10.0 Å². The van der Waals surface area contributed by atoms with Crippen LogP contribution in [-0.2, 0) is 27.9 Å². The second kappa shape index (κ2) is 7.56. The Labute approximate surface area is 183 Å². The molecule has 0 radical (unpaired) electrons. The van der Waals surface area contributed by atoms with Gasteiger partial charge in [0.05, 0.1) is 38.8 Å². The molecular weight excluding hydrogens is 434 g/mol. The highest BCUT2D eigenvalue weighted by Crippen LogP contribution is 2.28. The van der Waals surface area contributed by atoms with Crippen LogP contribution in [0, 0.1) is 0 Å². The number of nitrogens with two attached hydrogens (primary N) is 1. The molecule has 0 spiro atoms. The maximum atomic E-state index is 13.0. The topological polar surface area (TPSA) is 111 Å². The lowest BCUT2D eigenvalue weighted by Crippen LogP contribution is -2.34. The highest BCUT2D eigenvalue weighted by Gasteiger charge is 2.33. The van der Waals surface area contributed by atoms with E-state index >= 15 is 0 Å². The summed E-state index contributed by atoms with van der Waals surface area (Å²) in [7, 11) is -3.83. The number of carbonyl (C=O) groups excluding carboxylic acids is 1. The van der Waals surface area contributed by atoms with Gasteiger partial charge in [-0.15, -0.1) is 11.3 Å². The zero-order valence-corrected chi connectivity index (χ0v) is 18.0. The Morgan fingerprint density at radius 3 is 2.71 bits per heavy atom. The van der Waals surface area contributed by atoms with Crippen LogP contribution in [0.1, 0.15) is 22.7 Å². The van der Waals surface area contributed by atoms with Gasteiger partial charge in [-0.2, -0.15) is 17.6 Å². The number of hydrogen-bond donors (Lipinski definition) is 1. The average molecular weight is 454 g/mol. The summed E-state index contributed by atoms with van der Waals surface area (Å²) in [4.78, 5) is 19.0. The maximum Gasteiger partial charge on any atom is 0.283 e. The van der Waals surface area contributed by atoms with Gasteiger partial charge in [-0.1, -0.05) is 30.3 Å². The summed E-state index contributed by atoms with van der Waals surface area (Å²) < 4.78 is 27.9. The second-order valence-electron chi connectivity index (χ2n) is 7.35. The SMILES string of the molecule is NCC(C(=O)N1Cc2cn(S(=O)(=O)c3ccc4ncsc4c3)nc2C1)c1ccccc1. The van der Waals surface area contributed by atoms with E-state index in [1.165, 1.54) is 23.6 Å². The van der Waals surface area contributed by atoms with Crippen LogP contribution in [0.2, 0.25) is 0 Å². The zero-order valence-electron chi connectivity index (χ0n) is 16.4. The van der Waals surface area contributed by atoms with Crippen molar-refractivity contribution in [2.75, 3.05) is 6.54 Å². The van der Waals surface area contributed by atoms with Crippen molar-refractivity contribution in [3.8, 4) is 0 Å². The van der Waals surface area contributed by atoms with Crippen molar-refractivity contribution in [2.24, 2.45) is 5.73 Å². The van der Waals surface area contributed by atoms with E-state index in [1.54, 1.807) is 22.5 Å². The van der Waals surface area contributed by atoms with Gasteiger partial charge in [0.2, 0.25) is 5.91 Å². The standard InChI is InChI=1S/C21H19N5O3S2/c22-9-17(14-4-2-1-3-5-14)21(27)25-10-15-11-26(24-19(15)12-25)31(28,29)16-6-7-18-20(8-16)30-13-23-18/h1-8,11,13,17H,9-10,12,22H2. The largest absolute Gasteiger partial charge is 0.332 e. The Balaban J connectivity index is 1.38. The first-order valence-electron chi connectivity index (χ1n) is 9.67. The molecule has 1 unspecified atom stereocenters. The van der Waals surface area contributed by atoms with Crippen LogP contribution in [0.3, 0.4) is 0 Å². The molecule has 10 heteroatoms. The number of rotatable bonds is 5. The van der Waals surface area contributed by atoms with Crippen molar-refractivity contribution >= 4 is 37.5 Å². The van der Waals surface area contributed by atoms with Crippen LogP contribution in [0.15, 0.2) is 65.1 Å². The van der Waals surface area contributed by atoms with E-state index in [9.17, 15) is 13.2 Å². The summed E-state index contributed by atoms with van der Waals surface area (Å²) >= 11 is 1.38. The van der Waals surface area contributed by atoms with Crippen molar-refractivity contribution in [3.05, 3.63) is 77.1 Å². The molecule has 0 bridgehead atoms. The lowest BCUT2D eigenvalue weighted by molar-refractivity contribution is -0.133. The number of amides is 1. The van der Waals surface area contributed by atoms with Crippen LogP contribution in [0.4, 0.5) is 0 Å². The predicted octanol–water partition coefficient (Wildman–Crippen LogP) is 2.31. The monoisotopic (exact) mass is 453 g/mol. The van der Waals surface area contributed by atoms with Crippen LogP contribution >= 0.6 is 11.3 Å². The minimum atomic E-state index is -3.83. The van der Waals surface area contributed by atoms with Crippen molar-refractivity contribution in [2.45, 2.75) is 23.9 Å². The maximum absolute atomic E-state index is 13.0. The van der Waals surface area contributed by atoms with Gasteiger partial charge in [-0.05, 0) is 23.8 Å². The molecule has 2 aromatic carbocycles. The number of thiazole rings is 1. The first-order valence-corrected chi connectivity index (χ1v) is 12.0. The van der Waals surface area contributed by atoms with Crippen molar-refractivity contribution in [1.82, 2.24) is 19.1 Å². The van der Waals surface area contributed by atoms with Gasteiger partial charge in [0, 0.05) is 24.8 Å². The molecule has 8 nitrogen and oxygen atoms in total. The quantitative estimate of drug-likeness (QED) is 0.496.